The zero-order valence-electron chi connectivity index (χ0n) is 27.7. The molecule has 3 aliphatic heterocycles. The molecule has 0 atom stereocenters. The van der Waals surface area contributed by atoms with Gasteiger partial charge in [-0.2, -0.15) is 0 Å². The highest BCUT2D eigenvalue weighted by Gasteiger charge is 2.38. The third-order valence-corrected chi connectivity index (χ3v) is 10.6. The molecule has 50 heavy (non-hydrogen) atoms. The Hall–Kier alpha value is -5.18. The molecule has 12 nitrogen and oxygen atoms in total. The average molecular weight is 708 g/mol. The summed E-state index contributed by atoms with van der Waals surface area (Å²) in [6, 6.07) is 19.0. The van der Waals surface area contributed by atoms with Gasteiger partial charge in [-0.05, 0) is 61.4 Å². The number of thiocarbonyl (C=S) groups is 1. The number of carbonyl (C=O) groups is 1. The predicted molar refractivity (Wildman–Crippen MR) is 198 cm³/mol. The molecule has 8 rings (SSSR count). The smallest absolute Gasteiger partial charge is 0.296 e. The predicted octanol–water partition coefficient (Wildman–Crippen LogP) is 4.26. The largest absolute Gasteiger partial charge is 0.454 e. The number of rotatable bonds is 6. The summed E-state index contributed by atoms with van der Waals surface area (Å²) >= 11 is 6.77. The van der Waals surface area contributed by atoms with Crippen LogP contribution >= 0.6 is 24.0 Å². The molecule has 0 spiro atoms. The molecule has 254 valence electrons. The van der Waals surface area contributed by atoms with E-state index in [1.165, 1.54) is 14.0 Å². The number of piperazine rings is 1. The Morgan fingerprint density at radius 2 is 1.68 bits per heavy atom. The van der Waals surface area contributed by atoms with Gasteiger partial charge in [-0.3, -0.25) is 33.3 Å². The van der Waals surface area contributed by atoms with Crippen LogP contribution in [0.15, 0.2) is 81.4 Å². The van der Waals surface area contributed by atoms with Crippen molar-refractivity contribution in [1.82, 2.24) is 23.6 Å². The van der Waals surface area contributed by atoms with Crippen LogP contribution < -0.4 is 30.4 Å². The van der Waals surface area contributed by atoms with Crippen LogP contribution in [0.1, 0.15) is 22.4 Å². The van der Waals surface area contributed by atoms with Crippen LogP contribution in [0.5, 0.6) is 11.5 Å². The number of para-hydroxylation sites is 1. The van der Waals surface area contributed by atoms with Crippen LogP contribution in [0, 0.1) is 13.8 Å². The van der Waals surface area contributed by atoms with Gasteiger partial charge in [0.25, 0.3) is 17.0 Å². The molecular weight excluding hydrogens is 675 g/mol. The topological polar surface area (TPSA) is 107 Å². The molecule has 5 aromatic rings. The Kier molecular flexibility index (Phi) is 8.08. The van der Waals surface area contributed by atoms with E-state index in [9.17, 15) is 14.4 Å². The highest BCUT2D eigenvalue weighted by Crippen LogP contribution is 2.37. The standard InChI is InChI=1S/C36H33N7O5S2/c1-22-9-12-30-37-32(40-15-13-39(14-16-40)20-24-10-11-27-28(17-24)48-21-47-27)26(33(44)41(30)19-22)18-29-34(45)42(36(49)50-29)31-23(2)38(3)43(35(31)46)25-7-5-4-6-8-25/h4-12,17-19H,13-16,20-21H2,1-3H3. The Bertz CT molecular complexity index is 2360. The van der Waals surface area contributed by atoms with Crippen LogP contribution in [0.4, 0.5) is 11.5 Å². The van der Waals surface area contributed by atoms with Crippen LogP contribution in [-0.2, 0) is 18.4 Å². The van der Waals surface area contributed by atoms with Gasteiger partial charge in [0.15, 0.2) is 15.8 Å². The lowest BCUT2D eigenvalue weighted by Gasteiger charge is -2.36. The minimum Gasteiger partial charge on any atom is -0.454 e. The Balaban J connectivity index is 1.12. The van der Waals surface area contributed by atoms with Gasteiger partial charge in [-0.1, -0.05) is 54.3 Å². The van der Waals surface area contributed by atoms with E-state index in [2.05, 4.69) is 15.9 Å². The normalized spacial score (nSPS) is 17.1. The molecule has 1 amide bonds. The molecule has 2 saturated heterocycles. The molecule has 0 unspecified atom stereocenters. The highest BCUT2D eigenvalue weighted by molar-refractivity contribution is 8.27. The van der Waals surface area contributed by atoms with Gasteiger partial charge in [0.2, 0.25) is 6.79 Å². The number of anilines is 2. The molecule has 0 bridgehead atoms. The number of thioether (sulfide) groups is 1. The molecule has 14 heteroatoms. The average Bonchev–Trinajstić information content (AvgIpc) is 3.76. The maximum atomic E-state index is 14.2. The van der Waals surface area contributed by atoms with E-state index in [4.69, 9.17) is 26.7 Å². The van der Waals surface area contributed by atoms with E-state index in [0.29, 0.717) is 41.5 Å². The van der Waals surface area contributed by atoms with Crippen molar-refractivity contribution in [2.24, 2.45) is 7.05 Å². The number of aryl methyl sites for hydroxylation is 1. The molecule has 0 radical (unpaired) electrons. The second kappa shape index (κ2) is 12.6. The maximum Gasteiger partial charge on any atom is 0.296 e. The van der Waals surface area contributed by atoms with Gasteiger partial charge < -0.3 is 14.4 Å². The number of fused-ring (bicyclic) bond motifs is 2. The second-order valence-electron chi connectivity index (χ2n) is 12.5. The third-order valence-electron chi connectivity index (χ3n) is 9.32. The van der Waals surface area contributed by atoms with Crippen molar-refractivity contribution in [1.29, 1.82) is 0 Å². The van der Waals surface area contributed by atoms with Crippen LogP contribution in [0.3, 0.4) is 0 Å². The summed E-state index contributed by atoms with van der Waals surface area (Å²) in [5.74, 6) is 1.57. The summed E-state index contributed by atoms with van der Waals surface area (Å²) in [6.45, 7) is 7.42. The fraction of sp³-hybridized carbons (Fsp3) is 0.250. The lowest BCUT2D eigenvalue weighted by Crippen LogP contribution is -2.47. The number of benzene rings is 2. The van der Waals surface area contributed by atoms with Crippen molar-refractivity contribution in [2.45, 2.75) is 20.4 Å². The molecule has 3 aliphatic rings. The fourth-order valence-corrected chi connectivity index (χ4v) is 7.89. The van der Waals surface area contributed by atoms with E-state index in [0.717, 1.165) is 54.0 Å². The van der Waals surface area contributed by atoms with Crippen molar-refractivity contribution in [3.8, 4) is 17.2 Å². The molecule has 0 aliphatic carbocycles. The van der Waals surface area contributed by atoms with Gasteiger partial charge in [0.05, 0.1) is 21.8 Å². The monoisotopic (exact) mass is 707 g/mol. The van der Waals surface area contributed by atoms with Gasteiger partial charge >= 0.3 is 0 Å². The first-order valence-corrected chi connectivity index (χ1v) is 17.4. The number of pyridine rings is 1. The summed E-state index contributed by atoms with van der Waals surface area (Å²) in [6.07, 6.45) is 3.34. The SMILES string of the molecule is Cc1ccc2nc(N3CCN(Cc4ccc5c(c4)OCO5)CC3)c(C=C3SC(=S)N(c4c(C)n(C)n(-c5ccccc5)c4=O)C3=O)c(=O)n2c1. The number of ether oxygens (including phenoxy) is 2. The number of carbonyl (C=O) groups excluding carboxylic acids is 1. The Labute approximate surface area is 296 Å². The fourth-order valence-electron chi connectivity index (χ4n) is 6.63. The number of aromatic nitrogens is 4. The summed E-state index contributed by atoms with van der Waals surface area (Å²) in [7, 11) is 1.77. The maximum absolute atomic E-state index is 14.2. The lowest BCUT2D eigenvalue weighted by molar-refractivity contribution is -0.113. The lowest BCUT2D eigenvalue weighted by atomic mass is 10.1. The molecule has 2 aromatic carbocycles. The van der Waals surface area contributed by atoms with Gasteiger partial charge in [-0.25, -0.2) is 9.67 Å². The zero-order chi connectivity index (χ0) is 34.7. The number of nitrogens with zero attached hydrogens (tertiary/aromatic N) is 7. The molecule has 2 fully saturated rings. The quantitative estimate of drug-likeness (QED) is 0.188. The van der Waals surface area contributed by atoms with E-state index in [1.54, 1.807) is 30.9 Å². The summed E-state index contributed by atoms with van der Waals surface area (Å²) in [4.78, 5) is 53.0. The van der Waals surface area contributed by atoms with E-state index >= 15 is 0 Å². The highest BCUT2D eigenvalue weighted by atomic mass is 32.2. The Morgan fingerprint density at radius 3 is 2.46 bits per heavy atom. The minimum absolute atomic E-state index is 0.185. The molecule has 0 saturated carbocycles. The summed E-state index contributed by atoms with van der Waals surface area (Å²) in [5.41, 5.74) is 3.63. The van der Waals surface area contributed by atoms with E-state index < -0.39 is 5.91 Å². The zero-order valence-corrected chi connectivity index (χ0v) is 29.3. The first kappa shape index (κ1) is 32.0. The van der Waals surface area contributed by atoms with E-state index in [-0.39, 0.29) is 32.8 Å². The van der Waals surface area contributed by atoms with Gasteiger partial charge in [0, 0.05) is 46.0 Å². The van der Waals surface area contributed by atoms with Crippen molar-refractivity contribution in [3.63, 3.8) is 0 Å². The first-order valence-electron chi connectivity index (χ1n) is 16.2. The van der Waals surface area contributed by atoms with Crippen molar-refractivity contribution < 1.29 is 14.3 Å². The number of hydrogen-bond donors (Lipinski definition) is 0. The van der Waals surface area contributed by atoms with Crippen molar-refractivity contribution in [3.05, 3.63) is 115 Å². The Morgan fingerprint density at radius 1 is 0.920 bits per heavy atom. The van der Waals surface area contributed by atoms with Crippen LogP contribution in [-0.4, -0.2) is 66.8 Å². The van der Waals surface area contributed by atoms with Gasteiger partial charge in [0.1, 0.15) is 17.2 Å². The molecule has 0 N–H and O–H groups in total. The van der Waals surface area contributed by atoms with Crippen LogP contribution in [0.2, 0.25) is 0 Å². The molecular formula is C36H33N7O5S2. The second-order valence-corrected chi connectivity index (χ2v) is 14.1. The molecule has 6 heterocycles. The first-order chi connectivity index (χ1) is 24.2. The summed E-state index contributed by atoms with van der Waals surface area (Å²) in [5, 5.41) is 0. The summed E-state index contributed by atoms with van der Waals surface area (Å²) < 4.78 is 16.0. The number of hydrogen-bond acceptors (Lipinski definition) is 10. The van der Waals surface area contributed by atoms with Crippen molar-refractivity contribution >= 4 is 57.4 Å². The van der Waals surface area contributed by atoms with Gasteiger partial charge in [-0.15, -0.1) is 0 Å². The minimum atomic E-state index is -0.459. The number of amides is 1. The third kappa shape index (κ3) is 5.49. The molecule has 3 aromatic heterocycles. The van der Waals surface area contributed by atoms with E-state index in [1.807, 2.05) is 61.5 Å². The van der Waals surface area contributed by atoms with Crippen molar-refractivity contribution in [2.75, 3.05) is 42.8 Å². The van der Waals surface area contributed by atoms with Crippen LogP contribution in [0.25, 0.3) is 17.4 Å².